The van der Waals surface area contributed by atoms with Crippen molar-refractivity contribution in [2.75, 3.05) is 158 Å². The second-order valence-corrected chi connectivity index (χ2v) is 34.5. The molecule has 3 fully saturated rings. The van der Waals surface area contributed by atoms with Crippen LogP contribution in [0.3, 0.4) is 0 Å². The summed E-state index contributed by atoms with van der Waals surface area (Å²) < 4.78 is 149. The van der Waals surface area contributed by atoms with Crippen LogP contribution in [0.15, 0.2) is 120 Å². The fourth-order valence-corrected chi connectivity index (χ4v) is 16.7. The number of ether oxygens (including phenoxy) is 10. The number of fused-ring (bicyclic) bond motifs is 2. The van der Waals surface area contributed by atoms with E-state index < -0.39 is 185 Å². The molecule has 3 aliphatic heterocycles. The highest BCUT2D eigenvalue weighted by atomic mass is 31.2. The summed E-state index contributed by atoms with van der Waals surface area (Å²) in [6, 6.07) is 10.2. The van der Waals surface area contributed by atoms with Crippen molar-refractivity contribution in [3.05, 3.63) is 188 Å². The Morgan fingerprint density at radius 3 is 1.63 bits per heavy atom. The number of carbonyl (C=O) groups excluding carboxylic acids is 3. The maximum Gasteiger partial charge on any atom is 0.351 e. The molecular weight excluding hydrogens is 1800 g/mol. The van der Waals surface area contributed by atoms with Crippen LogP contribution >= 0.6 is 31.3 Å². The number of amides is 2. The van der Waals surface area contributed by atoms with Crippen molar-refractivity contribution in [1.82, 2.24) is 39.3 Å². The lowest BCUT2D eigenvalue weighted by Crippen LogP contribution is -2.33. The van der Waals surface area contributed by atoms with E-state index in [2.05, 4.69) is 25.6 Å². The number of hydrogen-bond donors (Lipinski definition) is 9. The number of allylic oxidation sites excluding steroid dienone is 5. The molecule has 6 heterocycles. The summed E-state index contributed by atoms with van der Waals surface area (Å²) in [5.74, 6) is -2.65. The molecule has 0 saturated carbocycles. The number of carboxylic acid groups (broad SMARTS) is 1. The van der Waals surface area contributed by atoms with Crippen LogP contribution in [0.2, 0.25) is 0 Å². The highest BCUT2D eigenvalue weighted by Crippen LogP contribution is 2.49. The van der Waals surface area contributed by atoms with Crippen molar-refractivity contribution in [3.8, 4) is 5.75 Å². The molecule has 2 amide bonds. The van der Waals surface area contributed by atoms with E-state index in [9.17, 15) is 101 Å². The van der Waals surface area contributed by atoms with Gasteiger partial charge in [0.15, 0.2) is 5.78 Å². The Morgan fingerprint density at radius 1 is 0.581 bits per heavy atom. The number of carbonyl (C=O) groups is 4. The van der Waals surface area contributed by atoms with E-state index in [1.165, 1.54) is 61.8 Å². The number of aromatic carboxylic acids is 1. The first-order valence-electron chi connectivity index (χ1n) is 40.6. The smallest absolute Gasteiger partial charge is 0.351 e. The molecule has 5 aromatic rings. The summed E-state index contributed by atoms with van der Waals surface area (Å²) in [6.07, 6.45) is 0.403. The lowest BCUT2D eigenvalue weighted by atomic mass is 9.76. The topological polar surface area (TPSA) is 671 Å². The van der Waals surface area contributed by atoms with Crippen LogP contribution in [-0.2, 0) is 118 Å². The molecule has 2 aliphatic carbocycles. The van der Waals surface area contributed by atoms with Crippen LogP contribution in [0.4, 0.5) is 5.82 Å². The number of rotatable bonds is 57. The van der Waals surface area contributed by atoms with Crippen LogP contribution in [0, 0.1) is 6.92 Å². The number of anilines is 1. The molecule has 2 aromatic carbocycles. The third-order valence-electron chi connectivity index (χ3n) is 19.7. The van der Waals surface area contributed by atoms with Crippen LogP contribution in [0.1, 0.15) is 112 Å². The number of phenols is 1. The van der Waals surface area contributed by atoms with Gasteiger partial charge in [0, 0.05) is 68.1 Å². The molecule has 48 nitrogen and oxygen atoms in total. The predicted molar refractivity (Wildman–Crippen MR) is 437 cm³/mol. The van der Waals surface area contributed by atoms with Gasteiger partial charge in [0.1, 0.15) is 48.6 Å². The highest BCUT2D eigenvalue weighted by Gasteiger charge is 2.43. The molecule has 13 atom stereocenters. The molecule has 7 unspecified atom stereocenters. The number of aliphatic hydroxyl groups excluding tert-OH is 2. The van der Waals surface area contributed by atoms with Crippen molar-refractivity contribution in [2.24, 2.45) is 0 Å². The lowest BCUT2D eigenvalue weighted by Gasteiger charge is -2.29. The summed E-state index contributed by atoms with van der Waals surface area (Å²) >= 11 is 0. The Labute approximate surface area is 734 Å². The van der Waals surface area contributed by atoms with E-state index in [0.717, 1.165) is 32.1 Å². The average molecular weight is 1900 g/mol. The number of aromatic hydroxyl groups is 1. The summed E-state index contributed by atoms with van der Waals surface area (Å²) in [6.45, 7) is -3.11. The molecule has 129 heavy (non-hydrogen) atoms. The van der Waals surface area contributed by atoms with Crippen LogP contribution in [0.5, 0.6) is 5.75 Å². The summed E-state index contributed by atoms with van der Waals surface area (Å²) in [7, 11) is -20.5. The van der Waals surface area contributed by atoms with E-state index >= 15 is 0 Å². The van der Waals surface area contributed by atoms with Gasteiger partial charge in [-0.15, -0.1) is 0 Å². The number of aryl methyl sites for hydroxylation is 1. The number of aromatic nitrogens is 6. The maximum atomic E-state index is 13.5. The average Bonchev–Trinajstić information content (AvgIpc) is 1.73. The number of aliphatic hydroxyl groups is 2. The van der Waals surface area contributed by atoms with Gasteiger partial charge in [-0.25, -0.2) is 19.2 Å². The Kier molecular flexibility index (Phi) is 39.4. The number of phosphoric ester groups is 4. The number of unbranched alkanes of at least 4 members (excludes halogenated alkanes) is 3. The van der Waals surface area contributed by atoms with Crippen molar-refractivity contribution in [2.45, 2.75) is 114 Å². The van der Waals surface area contributed by atoms with Gasteiger partial charge in [0.25, 0.3) is 48.3 Å². The minimum atomic E-state index is -5.38. The predicted octanol–water partition coefficient (Wildman–Crippen LogP) is -0.743. The molecule has 5 aliphatic rings. The second kappa shape index (κ2) is 49.7. The number of nitrogens with zero attached hydrogens (tertiary/aromatic N) is 4. The molecule has 10 N–H and O–H groups in total. The summed E-state index contributed by atoms with van der Waals surface area (Å²) in [4.78, 5) is 173. The Hall–Kier alpha value is -8.72. The quantitative estimate of drug-likeness (QED) is 0.0131. The van der Waals surface area contributed by atoms with Crippen LogP contribution in [-0.4, -0.2) is 261 Å². The largest absolute Gasteiger partial charge is 0.756 e. The number of phosphoric acid groups is 4. The molecule has 3 aromatic heterocycles. The standard InChI is InChI=1S/C77H103N9O39P4/c1-48-43-85(76(98)82-71(48)92)68-41-60(62(45-87)121-68)124-128(104,105)117-34-30-113-25-23-110-21-19-108-18-20-109-22-24-111-29-33-116-127(102,103)120-47-64-61(125-129(106,107)118-35-31-114-27-26-112-28-32-115-126(100,101)119-46-63-59(90)40-67(122-63)84-17-14-65(78)81-75(84)97)42-69(123-64)86-44-50(73(94)83-77(86)99)7-13-66(91)79-15-4-2-3-5-16-80-72(93)49-6-10-57(74(95)96)58(39-49)70-55-11-8-53(88)37-51(55)36-52-38-54(89)9-12-56(52)70/h6-14,17,37-39,43-44,59-64,67-69,87-88,90H,2-5,15-16,18-36,40-42,45-47H2,1H3,(H,79,91)(H,80,93)(H,95,96)(H,100,101)(H,102,103)(H,104,105)(H,106,107)(H2,78,81,97)(H,82,92,98)(H,83,94,99)/p-4/b13-7+/t59?,60?,61?,62-,63-,64-,67-,68-,69-/m1/s1. The van der Waals surface area contributed by atoms with Gasteiger partial charge < -0.3 is 140 Å². The summed E-state index contributed by atoms with van der Waals surface area (Å²) in [5.41, 5.74) is 4.67. The van der Waals surface area contributed by atoms with E-state index in [1.807, 2.05) is 0 Å². The van der Waals surface area contributed by atoms with Crippen molar-refractivity contribution in [1.29, 1.82) is 0 Å². The monoisotopic (exact) mass is 1900 g/mol. The Morgan fingerprint density at radius 2 is 1.08 bits per heavy atom. The van der Waals surface area contributed by atoms with Gasteiger partial charge >= 0.3 is 23.0 Å². The zero-order chi connectivity index (χ0) is 92.8. The zero-order valence-corrected chi connectivity index (χ0v) is 73.1. The second-order valence-electron chi connectivity index (χ2n) is 29.0. The number of nitrogens with one attached hydrogen (secondary N) is 4. The minimum absolute atomic E-state index is 0.0129. The number of ketones is 1. The first kappa shape index (κ1) is 102. The fraction of sp³-hybridized carbons (Fsp3) is 0.532. The number of benzene rings is 2. The van der Waals surface area contributed by atoms with Crippen LogP contribution < -0.4 is 64.1 Å². The third kappa shape index (κ3) is 32.0. The van der Waals surface area contributed by atoms with Gasteiger partial charge in [-0.05, 0) is 114 Å². The lowest BCUT2D eigenvalue weighted by molar-refractivity contribution is -0.236. The third-order valence-corrected chi connectivity index (χ3v) is 23.7. The maximum absolute atomic E-state index is 13.5. The fourth-order valence-electron chi connectivity index (χ4n) is 13.5. The number of nitrogen functional groups attached to an aromatic ring is 1. The molecule has 0 radical (unpaired) electrons. The van der Waals surface area contributed by atoms with Crippen molar-refractivity contribution >= 4 is 72.3 Å². The van der Waals surface area contributed by atoms with E-state index in [0.29, 0.717) is 60.0 Å². The summed E-state index contributed by atoms with van der Waals surface area (Å²) in [5, 5.41) is 46.2. The molecule has 10 rings (SSSR count). The molecule has 3 saturated heterocycles. The molecule has 0 bridgehead atoms. The van der Waals surface area contributed by atoms with Crippen LogP contribution in [0.25, 0.3) is 11.6 Å². The van der Waals surface area contributed by atoms with Crippen molar-refractivity contribution in [3.63, 3.8) is 0 Å². The van der Waals surface area contributed by atoms with Gasteiger partial charge in [-0.1, -0.05) is 25.0 Å². The number of aromatic amines is 2. The number of carboxylic acids is 1. The minimum Gasteiger partial charge on any atom is -0.756 e. The van der Waals surface area contributed by atoms with Gasteiger partial charge in [0.2, 0.25) is 5.91 Å². The van der Waals surface area contributed by atoms with Gasteiger partial charge in [-0.2, -0.15) is 4.98 Å². The first-order chi connectivity index (χ1) is 61.6. The van der Waals surface area contributed by atoms with E-state index in [1.54, 1.807) is 18.2 Å². The molecule has 52 heteroatoms. The number of nitrogens with two attached hydrogens (primary N) is 1. The highest BCUT2D eigenvalue weighted by molar-refractivity contribution is 7.46. The van der Waals surface area contributed by atoms with Gasteiger partial charge in [0.05, 0.1) is 168 Å². The number of phenolic OH excluding ortho intramolecular Hbond substituents is 1. The number of H-pyrrole nitrogens is 2. The molecule has 0 spiro atoms. The Bertz CT molecular complexity index is 5330. The van der Waals surface area contributed by atoms with E-state index in [4.69, 9.17) is 89.3 Å². The molecule has 710 valence electrons. The van der Waals surface area contributed by atoms with Gasteiger partial charge in [-0.3, -0.25) is 65.9 Å². The van der Waals surface area contributed by atoms with E-state index in [-0.39, 0.29) is 164 Å². The zero-order valence-electron chi connectivity index (χ0n) is 69.5. The SMILES string of the molecule is Cc1cn([C@H]2CC(OP(=O)([O-])OCCOCCOCCOCCOCCOCCOP(=O)([O-])OC[C@H]3O[C@@H](n4cc(/C=C/C(=O)NCCCCCCNC(=O)c5ccc(C(=O)O)c(C6=C7C=CC(=O)C=C7Cc7cc(O)ccc76)c5)c(=O)[nH]c4=O)CC3OP(=O)([O-])OCCOCCOCCOP(=O)([O-])OC[C@H]3O[C@@H](n4ccc(N)nc4=O)CC3O)[C@@H](CO)O2)c(=O)[nH]c1=O. The number of hydrogen-bond acceptors (Lipinski definition) is 40. The Balaban J connectivity index is 0.617. The normalized spacial score (nSPS) is 21.6. The first-order valence-corrected chi connectivity index (χ1v) is 46.4. The van der Waals surface area contributed by atoms with Crippen molar-refractivity contribution < 1.29 is 161 Å². The molecular formula is C77H99N9O39P4-4.